The molecule has 0 fully saturated rings. The van der Waals surface area contributed by atoms with Crippen molar-refractivity contribution in [1.82, 2.24) is 0 Å². The Bertz CT molecular complexity index is 1480. The SMILES string of the molecule is CC=C(C)C(=O)O[C@H]1c2cc3c(c(O)c2-c2c(cc(OC)c(OC)c2O)[C@H](OC(=O)C(C)=CC)[C@@](C)(O)[C@H]1C)OCO3. The number of fused-ring (bicyclic) bond motifs is 4. The van der Waals surface area contributed by atoms with Gasteiger partial charge < -0.3 is 43.7 Å². The number of benzene rings is 2. The second-order valence-electron chi connectivity index (χ2n) is 10.4. The number of carbonyl (C=O) groups excluding carboxylic acids is 2. The Morgan fingerprint density at radius 3 is 2.10 bits per heavy atom. The zero-order valence-corrected chi connectivity index (χ0v) is 24.9. The van der Waals surface area contributed by atoms with Gasteiger partial charge in [-0.25, -0.2) is 9.59 Å². The summed E-state index contributed by atoms with van der Waals surface area (Å²) in [6.07, 6.45) is 0.442. The summed E-state index contributed by atoms with van der Waals surface area (Å²) < 4.78 is 33.9. The molecule has 4 rings (SSSR count). The highest BCUT2D eigenvalue weighted by molar-refractivity contribution is 5.91. The zero-order chi connectivity index (χ0) is 31.1. The van der Waals surface area contributed by atoms with E-state index in [9.17, 15) is 24.9 Å². The molecule has 1 aliphatic carbocycles. The molecule has 0 radical (unpaired) electrons. The fourth-order valence-corrected chi connectivity index (χ4v) is 5.12. The molecule has 0 aromatic heterocycles. The molecule has 0 unspecified atom stereocenters. The first-order valence-electron chi connectivity index (χ1n) is 13.4. The summed E-state index contributed by atoms with van der Waals surface area (Å²) in [4.78, 5) is 26.3. The van der Waals surface area contributed by atoms with E-state index in [2.05, 4.69) is 0 Å². The lowest BCUT2D eigenvalue weighted by Crippen LogP contribution is -2.46. The van der Waals surface area contributed by atoms with Crippen molar-refractivity contribution in [3.63, 3.8) is 0 Å². The molecule has 2 aliphatic rings. The summed E-state index contributed by atoms with van der Waals surface area (Å²) in [5.74, 6) is -3.10. The van der Waals surface area contributed by atoms with Gasteiger partial charge in [-0.2, -0.15) is 0 Å². The number of carbonyl (C=O) groups is 2. The summed E-state index contributed by atoms with van der Waals surface area (Å²) in [6.45, 7) is 9.37. The summed E-state index contributed by atoms with van der Waals surface area (Å²) in [5.41, 5.74) is -1.09. The fraction of sp³-hybridized carbons (Fsp3) is 0.419. The molecule has 4 atom stereocenters. The highest BCUT2D eigenvalue weighted by Gasteiger charge is 2.51. The van der Waals surface area contributed by atoms with Gasteiger partial charge in [0.25, 0.3) is 0 Å². The number of rotatable bonds is 6. The molecule has 11 heteroatoms. The van der Waals surface area contributed by atoms with Crippen LogP contribution in [0.2, 0.25) is 0 Å². The van der Waals surface area contributed by atoms with Gasteiger partial charge in [-0.1, -0.05) is 19.1 Å². The van der Waals surface area contributed by atoms with Gasteiger partial charge in [0, 0.05) is 39.3 Å². The van der Waals surface area contributed by atoms with Crippen LogP contribution >= 0.6 is 0 Å². The number of hydrogen-bond acceptors (Lipinski definition) is 11. The van der Waals surface area contributed by atoms with Crippen LogP contribution in [0.15, 0.2) is 35.4 Å². The van der Waals surface area contributed by atoms with Crippen LogP contribution in [0.1, 0.15) is 64.9 Å². The minimum Gasteiger partial charge on any atom is -0.504 e. The average Bonchev–Trinajstić information content (AvgIpc) is 3.45. The molecule has 0 saturated heterocycles. The van der Waals surface area contributed by atoms with E-state index >= 15 is 0 Å². The van der Waals surface area contributed by atoms with Crippen molar-refractivity contribution in [2.45, 2.75) is 59.4 Å². The van der Waals surface area contributed by atoms with Gasteiger partial charge in [-0.05, 0) is 46.8 Å². The Hall–Kier alpha value is -4.38. The predicted octanol–water partition coefficient (Wildman–Crippen LogP) is 5.01. The summed E-state index contributed by atoms with van der Waals surface area (Å²) in [5, 5.41) is 35.5. The van der Waals surface area contributed by atoms with Gasteiger partial charge in [0.15, 0.2) is 29.1 Å². The van der Waals surface area contributed by atoms with Crippen molar-refractivity contribution in [3.8, 4) is 45.6 Å². The minimum atomic E-state index is -1.93. The lowest BCUT2D eigenvalue weighted by Gasteiger charge is -2.43. The molecule has 42 heavy (non-hydrogen) atoms. The average molecular weight is 585 g/mol. The maximum atomic E-state index is 13.2. The number of aromatic hydroxyl groups is 2. The first kappa shape index (κ1) is 30.6. The van der Waals surface area contributed by atoms with Crippen LogP contribution in [-0.2, 0) is 19.1 Å². The van der Waals surface area contributed by atoms with Crippen LogP contribution in [0, 0.1) is 5.92 Å². The van der Waals surface area contributed by atoms with Crippen molar-refractivity contribution in [2.24, 2.45) is 5.92 Å². The summed E-state index contributed by atoms with van der Waals surface area (Å²) >= 11 is 0. The number of phenols is 2. The molecule has 0 bridgehead atoms. The fourth-order valence-electron chi connectivity index (χ4n) is 5.12. The molecule has 0 saturated carbocycles. The van der Waals surface area contributed by atoms with E-state index in [1.54, 1.807) is 46.8 Å². The van der Waals surface area contributed by atoms with E-state index in [0.29, 0.717) is 5.57 Å². The van der Waals surface area contributed by atoms with Crippen LogP contribution in [0.3, 0.4) is 0 Å². The van der Waals surface area contributed by atoms with E-state index in [1.807, 2.05) is 0 Å². The topological polar surface area (TPSA) is 150 Å². The number of esters is 2. The second kappa shape index (κ2) is 11.5. The Balaban J connectivity index is 2.18. The molecular formula is C31H36O11. The van der Waals surface area contributed by atoms with Crippen molar-refractivity contribution in [1.29, 1.82) is 0 Å². The molecule has 2 aromatic carbocycles. The number of phenolic OH excluding ortho intramolecular Hbond substituents is 2. The predicted molar refractivity (Wildman–Crippen MR) is 151 cm³/mol. The minimum absolute atomic E-state index is 0.00175. The molecule has 3 N–H and O–H groups in total. The van der Waals surface area contributed by atoms with E-state index < -0.39 is 47.2 Å². The smallest absolute Gasteiger partial charge is 0.334 e. The van der Waals surface area contributed by atoms with E-state index in [0.717, 1.165) is 0 Å². The van der Waals surface area contributed by atoms with Gasteiger partial charge in [0.2, 0.25) is 18.3 Å². The first-order valence-corrected chi connectivity index (χ1v) is 13.4. The number of ether oxygens (including phenoxy) is 6. The molecule has 0 spiro atoms. The van der Waals surface area contributed by atoms with Gasteiger partial charge in [-0.15, -0.1) is 0 Å². The van der Waals surface area contributed by atoms with Gasteiger partial charge >= 0.3 is 11.9 Å². The van der Waals surface area contributed by atoms with Crippen LogP contribution < -0.4 is 18.9 Å². The van der Waals surface area contributed by atoms with Gasteiger partial charge in [-0.3, -0.25) is 0 Å². The van der Waals surface area contributed by atoms with Crippen molar-refractivity contribution in [2.75, 3.05) is 21.0 Å². The number of hydrogen-bond donors (Lipinski definition) is 3. The van der Waals surface area contributed by atoms with Crippen LogP contribution in [0.25, 0.3) is 11.1 Å². The highest BCUT2D eigenvalue weighted by atomic mass is 16.7. The van der Waals surface area contributed by atoms with Crippen LogP contribution in [0.4, 0.5) is 0 Å². The molecule has 2 aromatic rings. The van der Waals surface area contributed by atoms with Crippen LogP contribution in [0.5, 0.6) is 34.5 Å². The largest absolute Gasteiger partial charge is 0.504 e. The number of methoxy groups -OCH3 is 2. The Morgan fingerprint density at radius 1 is 0.929 bits per heavy atom. The molecule has 11 nitrogen and oxygen atoms in total. The van der Waals surface area contributed by atoms with E-state index in [-0.39, 0.29) is 57.6 Å². The molecule has 0 amide bonds. The Kier molecular flexibility index (Phi) is 8.36. The lowest BCUT2D eigenvalue weighted by atomic mass is 9.71. The molecular weight excluding hydrogens is 548 g/mol. The van der Waals surface area contributed by atoms with Crippen LogP contribution in [-0.4, -0.2) is 53.9 Å². The third kappa shape index (κ3) is 4.87. The zero-order valence-electron chi connectivity index (χ0n) is 24.9. The normalized spacial score (nSPS) is 23.2. The standard InChI is InChI=1S/C31H36O11/c1-9-14(3)29(34)41-25-16(5)31(6,36)28(42-30(35)15(4)10-2)18-12-19(37-7)26(38-8)23(32)22(18)21-17(25)11-20-27(24(21)33)40-13-39-20/h9-12,16,25,28,32-33,36H,13H2,1-8H3/t16-,25+,28-,31-/m0/s1. The van der Waals surface area contributed by atoms with Crippen molar-refractivity contribution < 1.29 is 53.3 Å². The van der Waals surface area contributed by atoms with Gasteiger partial charge in [0.1, 0.15) is 11.7 Å². The summed E-state index contributed by atoms with van der Waals surface area (Å²) in [6, 6.07) is 2.99. The maximum absolute atomic E-state index is 13.2. The van der Waals surface area contributed by atoms with E-state index in [1.165, 1.54) is 33.3 Å². The molecule has 226 valence electrons. The molecule has 1 aliphatic heterocycles. The number of aliphatic hydroxyl groups is 1. The number of allylic oxidation sites excluding steroid dienone is 2. The highest BCUT2D eigenvalue weighted by Crippen LogP contribution is 2.60. The quantitative estimate of drug-likeness (QED) is 0.310. The van der Waals surface area contributed by atoms with Gasteiger partial charge in [0.05, 0.1) is 14.2 Å². The Morgan fingerprint density at radius 2 is 1.52 bits per heavy atom. The third-order valence-electron chi connectivity index (χ3n) is 8.06. The maximum Gasteiger partial charge on any atom is 0.334 e. The monoisotopic (exact) mass is 584 g/mol. The summed E-state index contributed by atoms with van der Waals surface area (Å²) in [7, 11) is 2.68. The van der Waals surface area contributed by atoms with Crippen molar-refractivity contribution in [3.05, 3.63) is 46.6 Å². The third-order valence-corrected chi connectivity index (χ3v) is 8.06. The molecule has 1 heterocycles. The lowest BCUT2D eigenvalue weighted by molar-refractivity contribution is -0.181. The Labute approximate surface area is 243 Å². The van der Waals surface area contributed by atoms with E-state index in [4.69, 9.17) is 28.4 Å². The first-order chi connectivity index (χ1) is 19.8. The van der Waals surface area contributed by atoms with Crippen molar-refractivity contribution >= 4 is 11.9 Å². The second-order valence-corrected chi connectivity index (χ2v) is 10.4.